The van der Waals surface area contributed by atoms with E-state index in [9.17, 15) is 18.0 Å². The normalized spacial score (nSPS) is 11.7. The van der Waals surface area contributed by atoms with Gasteiger partial charge in [0.15, 0.2) is 0 Å². The van der Waals surface area contributed by atoms with Crippen LogP contribution in [-0.2, 0) is 26.7 Å². The summed E-state index contributed by atoms with van der Waals surface area (Å²) >= 11 is 0. The van der Waals surface area contributed by atoms with Gasteiger partial charge in [-0.1, -0.05) is 45.0 Å². The lowest BCUT2D eigenvalue weighted by Gasteiger charge is -2.19. The zero-order valence-corrected chi connectivity index (χ0v) is 18.4. The van der Waals surface area contributed by atoms with E-state index in [1.807, 2.05) is 12.1 Å². The summed E-state index contributed by atoms with van der Waals surface area (Å²) in [6.45, 7) is 6.99. The van der Waals surface area contributed by atoms with Gasteiger partial charge >= 0.3 is 0 Å². The summed E-state index contributed by atoms with van der Waals surface area (Å²) in [5, 5.41) is 10.6. The highest BCUT2D eigenvalue weighted by Gasteiger charge is 2.14. The molecule has 2 rings (SSSR count). The van der Waals surface area contributed by atoms with Crippen molar-refractivity contribution < 1.29 is 18.0 Å². The molecule has 8 heteroatoms. The monoisotopic (exact) mass is 431 g/mol. The Hall–Kier alpha value is -2.71. The zero-order valence-electron chi connectivity index (χ0n) is 17.6. The molecular weight excluding hydrogens is 402 g/mol. The molecule has 0 atom stereocenters. The Morgan fingerprint density at radius 1 is 0.900 bits per heavy atom. The molecule has 4 N–H and O–H groups in total. The van der Waals surface area contributed by atoms with Crippen LogP contribution in [0.15, 0.2) is 53.4 Å². The third-order valence-electron chi connectivity index (χ3n) is 4.64. The molecule has 0 saturated heterocycles. The van der Waals surface area contributed by atoms with Gasteiger partial charge in [0.25, 0.3) is 5.91 Å². The molecule has 0 aliphatic carbocycles. The minimum atomic E-state index is -3.70. The summed E-state index contributed by atoms with van der Waals surface area (Å²) in [7, 11) is -3.70. The Kier molecular flexibility index (Phi) is 7.75. The van der Waals surface area contributed by atoms with Gasteiger partial charge in [-0.15, -0.1) is 0 Å². The molecule has 0 saturated carbocycles. The first-order valence-corrected chi connectivity index (χ1v) is 11.3. The third-order valence-corrected chi connectivity index (χ3v) is 5.57. The van der Waals surface area contributed by atoms with Gasteiger partial charge in [-0.3, -0.25) is 9.59 Å². The maximum absolute atomic E-state index is 12.2. The highest BCUT2D eigenvalue weighted by atomic mass is 32.2. The SMILES string of the molecule is CC(C)(C)c1ccc(C(=O)NCCC(=O)NCCc2ccc(S(N)(=O)=O)cc2)cc1. The van der Waals surface area contributed by atoms with Gasteiger partial charge in [0.1, 0.15) is 0 Å². The van der Waals surface area contributed by atoms with Crippen LogP contribution in [0, 0.1) is 0 Å². The van der Waals surface area contributed by atoms with Crippen LogP contribution in [0.1, 0.15) is 48.7 Å². The van der Waals surface area contributed by atoms with Crippen LogP contribution in [0.2, 0.25) is 0 Å². The first-order valence-electron chi connectivity index (χ1n) is 9.74. The third kappa shape index (κ3) is 7.27. The topological polar surface area (TPSA) is 118 Å². The molecule has 0 unspecified atom stereocenters. The van der Waals surface area contributed by atoms with Crippen molar-refractivity contribution in [3.05, 3.63) is 65.2 Å². The Morgan fingerprint density at radius 3 is 2.03 bits per heavy atom. The Morgan fingerprint density at radius 2 is 1.50 bits per heavy atom. The summed E-state index contributed by atoms with van der Waals surface area (Å²) in [6.07, 6.45) is 0.735. The number of rotatable bonds is 8. The molecule has 0 spiro atoms. The van der Waals surface area contributed by atoms with Gasteiger partial charge in [0.05, 0.1) is 4.90 Å². The quantitative estimate of drug-likeness (QED) is 0.593. The molecule has 0 heterocycles. The van der Waals surface area contributed by atoms with Crippen molar-refractivity contribution in [2.45, 2.75) is 43.9 Å². The number of nitrogens with two attached hydrogens (primary N) is 1. The summed E-state index contributed by atoms with van der Waals surface area (Å²) in [6, 6.07) is 13.7. The van der Waals surface area contributed by atoms with E-state index in [1.54, 1.807) is 24.3 Å². The second kappa shape index (κ2) is 9.86. The molecule has 7 nitrogen and oxygen atoms in total. The summed E-state index contributed by atoms with van der Waals surface area (Å²) in [4.78, 5) is 24.2. The van der Waals surface area contributed by atoms with Crippen LogP contribution < -0.4 is 15.8 Å². The first kappa shape index (κ1) is 23.6. The number of amides is 2. The van der Waals surface area contributed by atoms with Crippen LogP contribution in [0.4, 0.5) is 0 Å². The van der Waals surface area contributed by atoms with E-state index in [1.165, 1.54) is 12.1 Å². The van der Waals surface area contributed by atoms with Crippen LogP contribution in [-0.4, -0.2) is 33.3 Å². The van der Waals surface area contributed by atoms with Gasteiger partial charge < -0.3 is 10.6 Å². The van der Waals surface area contributed by atoms with Crippen molar-refractivity contribution in [1.29, 1.82) is 0 Å². The molecule has 2 aromatic rings. The van der Waals surface area contributed by atoms with E-state index in [0.29, 0.717) is 18.5 Å². The number of benzene rings is 2. The lowest BCUT2D eigenvalue weighted by molar-refractivity contribution is -0.120. The van der Waals surface area contributed by atoms with Crippen molar-refractivity contribution >= 4 is 21.8 Å². The van der Waals surface area contributed by atoms with E-state index >= 15 is 0 Å². The molecule has 30 heavy (non-hydrogen) atoms. The maximum atomic E-state index is 12.2. The summed E-state index contributed by atoms with van der Waals surface area (Å²) in [5.41, 5.74) is 2.62. The Balaban J connectivity index is 1.70. The minimum Gasteiger partial charge on any atom is -0.356 e. The predicted octanol–water partition coefficient (Wildman–Crippen LogP) is 2.11. The molecule has 0 aliphatic heterocycles. The smallest absolute Gasteiger partial charge is 0.251 e. The fraction of sp³-hybridized carbons (Fsp3) is 0.364. The number of carbonyl (C=O) groups excluding carboxylic acids is 2. The molecular formula is C22H29N3O4S. The second-order valence-corrected chi connectivity index (χ2v) is 9.68. The number of primary sulfonamides is 1. The lowest BCUT2D eigenvalue weighted by atomic mass is 9.87. The van der Waals surface area contributed by atoms with Crippen LogP contribution >= 0.6 is 0 Å². The van der Waals surface area contributed by atoms with Gasteiger partial charge in [0, 0.05) is 25.1 Å². The van der Waals surface area contributed by atoms with Crippen LogP contribution in [0.25, 0.3) is 0 Å². The van der Waals surface area contributed by atoms with Crippen LogP contribution in [0.5, 0.6) is 0 Å². The van der Waals surface area contributed by atoms with Gasteiger partial charge in [-0.05, 0) is 47.2 Å². The molecule has 0 aromatic heterocycles. The number of carbonyl (C=O) groups is 2. The predicted molar refractivity (Wildman–Crippen MR) is 117 cm³/mol. The van der Waals surface area contributed by atoms with E-state index in [2.05, 4.69) is 31.4 Å². The minimum absolute atomic E-state index is 0.0251. The molecule has 2 amide bonds. The summed E-state index contributed by atoms with van der Waals surface area (Å²) in [5.74, 6) is -0.377. The van der Waals surface area contributed by atoms with Crippen molar-refractivity contribution in [2.75, 3.05) is 13.1 Å². The zero-order chi connectivity index (χ0) is 22.4. The van der Waals surface area contributed by atoms with Crippen molar-refractivity contribution in [3.63, 3.8) is 0 Å². The summed E-state index contributed by atoms with van der Waals surface area (Å²) < 4.78 is 22.5. The number of hydrogen-bond donors (Lipinski definition) is 3. The highest BCUT2D eigenvalue weighted by molar-refractivity contribution is 7.89. The lowest BCUT2D eigenvalue weighted by Crippen LogP contribution is -2.31. The Labute approximate surface area is 178 Å². The number of hydrogen-bond acceptors (Lipinski definition) is 4. The second-order valence-electron chi connectivity index (χ2n) is 8.12. The van der Waals surface area contributed by atoms with Crippen molar-refractivity contribution in [2.24, 2.45) is 5.14 Å². The number of nitrogens with one attached hydrogen (secondary N) is 2. The van der Waals surface area contributed by atoms with E-state index in [0.717, 1.165) is 11.1 Å². The van der Waals surface area contributed by atoms with Gasteiger partial charge in [0.2, 0.25) is 15.9 Å². The molecule has 0 fully saturated rings. The number of sulfonamides is 1. The molecule has 162 valence electrons. The van der Waals surface area contributed by atoms with E-state index in [4.69, 9.17) is 5.14 Å². The highest BCUT2D eigenvalue weighted by Crippen LogP contribution is 2.22. The van der Waals surface area contributed by atoms with Gasteiger partial charge in [-0.2, -0.15) is 0 Å². The average molecular weight is 432 g/mol. The largest absolute Gasteiger partial charge is 0.356 e. The van der Waals surface area contributed by atoms with E-state index in [-0.39, 0.29) is 35.1 Å². The van der Waals surface area contributed by atoms with E-state index < -0.39 is 10.0 Å². The van der Waals surface area contributed by atoms with Crippen LogP contribution in [0.3, 0.4) is 0 Å². The van der Waals surface area contributed by atoms with Crippen molar-refractivity contribution in [3.8, 4) is 0 Å². The molecule has 0 radical (unpaired) electrons. The fourth-order valence-electron chi connectivity index (χ4n) is 2.79. The molecule has 2 aromatic carbocycles. The fourth-order valence-corrected chi connectivity index (χ4v) is 3.31. The molecule has 0 aliphatic rings. The Bertz CT molecular complexity index is 977. The maximum Gasteiger partial charge on any atom is 0.251 e. The standard InChI is InChI=1S/C22H29N3O4S/c1-22(2,3)18-8-6-17(7-9-18)21(27)25-15-13-20(26)24-14-12-16-4-10-19(11-5-16)30(23,28)29/h4-11H,12-15H2,1-3H3,(H,24,26)(H,25,27)(H2,23,28,29). The molecule has 0 bridgehead atoms. The average Bonchev–Trinajstić information content (AvgIpc) is 2.67. The van der Waals surface area contributed by atoms with Crippen molar-refractivity contribution in [1.82, 2.24) is 10.6 Å². The van der Waals surface area contributed by atoms with Gasteiger partial charge in [-0.25, -0.2) is 13.6 Å². The first-order chi connectivity index (χ1) is 14.0.